The van der Waals surface area contributed by atoms with E-state index in [9.17, 15) is 9.59 Å². The van der Waals surface area contributed by atoms with Crippen LogP contribution in [0.25, 0.3) is 0 Å². The van der Waals surface area contributed by atoms with Crippen LogP contribution in [-0.2, 0) is 9.59 Å². The second-order valence-electron chi connectivity index (χ2n) is 3.79. The molecular weight excluding hydrogens is 262 g/mol. The molecule has 0 aliphatic rings. The van der Waals surface area contributed by atoms with Crippen LogP contribution in [0.4, 0.5) is 0 Å². The molecule has 1 aromatic rings. The number of para-hydroxylation sites is 2. The van der Waals surface area contributed by atoms with Crippen molar-refractivity contribution in [2.24, 2.45) is 0 Å². The fourth-order valence-electron chi connectivity index (χ4n) is 1.47. The Hall–Kier alpha value is -2.68. The lowest BCUT2D eigenvalue weighted by molar-refractivity contribution is -0.144. The maximum atomic E-state index is 11.8. The van der Waals surface area contributed by atoms with E-state index < -0.39 is 18.4 Å². The summed E-state index contributed by atoms with van der Waals surface area (Å²) in [4.78, 5) is 23.5. The molecule has 0 radical (unpaired) electrons. The van der Waals surface area contributed by atoms with E-state index in [1.807, 2.05) is 0 Å². The first-order valence-corrected chi connectivity index (χ1v) is 5.77. The number of carbonyl (C=O) groups excluding carboxylic acids is 1. The van der Waals surface area contributed by atoms with Gasteiger partial charge in [-0.25, -0.2) is 0 Å². The molecule has 20 heavy (non-hydrogen) atoms. The first-order valence-electron chi connectivity index (χ1n) is 5.77. The molecule has 0 fully saturated rings. The summed E-state index contributed by atoms with van der Waals surface area (Å²) in [6, 6.07) is 6.84. The van der Waals surface area contributed by atoms with Gasteiger partial charge in [0.1, 0.15) is 6.54 Å². The average molecular weight is 277 g/mol. The van der Waals surface area contributed by atoms with Crippen LogP contribution in [0.15, 0.2) is 24.3 Å². The lowest BCUT2D eigenvalue weighted by Gasteiger charge is -2.18. The molecule has 106 valence electrons. The Labute approximate surface area is 116 Å². The van der Waals surface area contributed by atoms with Crippen LogP contribution < -0.4 is 9.47 Å². The molecule has 0 aliphatic carbocycles. The average Bonchev–Trinajstić information content (AvgIpc) is 2.44. The number of benzene rings is 1. The Kier molecular flexibility index (Phi) is 5.91. The number of carboxylic acids is 1. The number of carbonyl (C=O) groups is 2. The SMILES string of the molecule is C#CCN(CC(=O)O)C(=O)COc1ccccc1OC. The lowest BCUT2D eigenvalue weighted by atomic mass is 10.3. The van der Waals surface area contributed by atoms with Gasteiger partial charge in [-0.05, 0) is 12.1 Å². The van der Waals surface area contributed by atoms with Gasteiger partial charge in [0.15, 0.2) is 18.1 Å². The zero-order valence-electron chi connectivity index (χ0n) is 11.0. The summed E-state index contributed by atoms with van der Waals surface area (Å²) in [7, 11) is 1.49. The topological polar surface area (TPSA) is 76.1 Å². The van der Waals surface area contributed by atoms with E-state index in [2.05, 4.69) is 5.92 Å². The van der Waals surface area contributed by atoms with E-state index >= 15 is 0 Å². The predicted molar refractivity (Wildman–Crippen MR) is 71.5 cm³/mol. The van der Waals surface area contributed by atoms with Gasteiger partial charge in [0.2, 0.25) is 0 Å². The summed E-state index contributed by atoms with van der Waals surface area (Å²) in [5.41, 5.74) is 0. The van der Waals surface area contributed by atoms with E-state index in [0.717, 1.165) is 4.90 Å². The standard InChI is InChI=1S/C14H15NO5/c1-3-8-15(9-14(17)18)13(16)10-20-12-7-5-4-6-11(12)19-2/h1,4-7H,8-10H2,2H3,(H,17,18). The molecule has 1 N–H and O–H groups in total. The smallest absolute Gasteiger partial charge is 0.323 e. The van der Waals surface area contributed by atoms with E-state index in [1.54, 1.807) is 24.3 Å². The fraction of sp³-hybridized carbons (Fsp3) is 0.286. The molecule has 6 nitrogen and oxygen atoms in total. The summed E-state index contributed by atoms with van der Waals surface area (Å²) >= 11 is 0. The second kappa shape index (κ2) is 7.69. The minimum absolute atomic E-state index is 0.0829. The van der Waals surface area contributed by atoms with Gasteiger partial charge in [0.05, 0.1) is 13.7 Å². The molecule has 0 saturated carbocycles. The van der Waals surface area contributed by atoms with Gasteiger partial charge >= 0.3 is 5.97 Å². The van der Waals surface area contributed by atoms with E-state index in [1.165, 1.54) is 7.11 Å². The summed E-state index contributed by atoms with van der Waals surface area (Å²) in [5.74, 6) is 1.49. The predicted octanol–water partition coefficient (Wildman–Crippen LogP) is 0.620. The number of amides is 1. The Morgan fingerprint density at radius 1 is 1.35 bits per heavy atom. The Bertz CT molecular complexity index is 521. The molecular formula is C14H15NO5. The first kappa shape index (κ1) is 15.4. The van der Waals surface area contributed by atoms with Crippen molar-refractivity contribution in [3.8, 4) is 23.8 Å². The third-order valence-corrected chi connectivity index (χ3v) is 2.38. The van der Waals surface area contributed by atoms with Crippen molar-refractivity contribution in [3.63, 3.8) is 0 Å². The van der Waals surface area contributed by atoms with Gasteiger partial charge in [-0.15, -0.1) is 6.42 Å². The highest BCUT2D eigenvalue weighted by Crippen LogP contribution is 2.25. The number of terminal acetylenes is 1. The van der Waals surface area contributed by atoms with Crippen molar-refractivity contribution in [3.05, 3.63) is 24.3 Å². The third kappa shape index (κ3) is 4.53. The van der Waals surface area contributed by atoms with Crippen molar-refractivity contribution in [2.45, 2.75) is 0 Å². The quantitative estimate of drug-likeness (QED) is 0.739. The monoisotopic (exact) mass is 277 g/mol. The molecule has 0 aromatic heterocycles. The van der Waals surface area contributed by atoms with Gasteiger partial charge in [-0.2, -0.15) is 0 Å². The molecule has 0 heterocycles. The number of ether oxygens (including phenoxy) is 2. The highest BCUT2D eigenvalue weighted by Gasteiger charge is 2.17. The number of hydrogen-bond donors (Lipinski definition) is 1. The normalized spacial score (nSPS) is 9.40. The molecule has 1 aromatic carbocycles. The fourth-order valence-corrected chi connectivity index (χ4v) is 1.47. The minimum atomic E-state index is -1.13. The maximum absolute atomic E-state index is 11.8. The molecule has 0 unspecified atom stereocenters. The molecule has 0 bridgehead atoms. The van der Waals surface area contributed by atoms with Crippen molar-refractivity contribution in [2.75, 3.05) is 26.8 Å². The number of nitrogens with zero attached hydrogens (tertiary/aromatic N) is 1. The van der Waals surface area contributed by atoms with E-state index in [4.69, 9.17) is 21.0 Å². The second-order valence-corrected chi connectivity index (χ2v) is 3.79. The summed E-state index contributed by atoms with van der Waals surface area (Å²) in [5, 5.41) is 8.70. The zero-order valence-corrected chi connectivity index (χ0v) is 11.0. The highest BCUT2D eigenvalue weighted by atomic mass is 16.5. The Morgan fingerprint density at radius 3 is 2.55 bits per heavy atom. The number of rotatable bonds is 7. The van der Waals surface area contributed by atoms with Crippen LogP contribution >= 0.6 is 0 Å². The minimum Gasteiger partial charge on any atom is -0.493 e. The van der Waals surface area contributed by atoms with Crippen LogP contribution in [0, 0.1) is 12.3 Å². The zero-order chi connectivity index (χ0) is 15.0. The maximum Gasteiger partial charge on any atom is 0.323 e. The molecule has 0 saturated heterocycles. The number of aliphatic carboxylic acids is 1. The van der Waals surface area contributed by atoms with Gasteiger partial charge in [-0.1, -0.05) is 18.1 Å². The Morgan fingerprint density at radius 2 is 2.00 bits per heavy atom. The van der Waals surface area contributed by atoms with Crippen LogP contribution in [0.5, 0.6) is 11.5 Å². The molecule has 6 heteroatoms. The summed E-state index contributed by atoms with van der Waals surface area (Å²) < 4.78 is 10.4. The lowest BCUT2D eigenvalue weighted by Crippen LogP contribution is -2.39. The Balaban J connectivity index is 2.65. The molecule has 0 spiro atoms. The van der Waals surface area contributed by atoms with Crippen molar-refractivity contribution >= 4 is 11.9 Å². The molecule has 0 atom stereocenters. The molecule has 1 rings (SSSR count). The molecule has 0 aliphatic heterocycles. The van der Waals surface area contributed by atoms with E-state index in [-0.39, 0.29) is 13.2 Å². The molecule has 1 amide bonds. The van der Waals surface area contributed by atoms with Crippen LogP contribution in [0.3, 0.4) is 0 Å². The number of carboxylic acid groups (broad SMARTS) is 1. The van der Waals surface area contributed by atoms with Crippen LogP contribution in [-0.4, -0.2) is 48.7 Å². The third-order valence-electron chi connectivity index (χ3n) is 2.38. The van der Waals surface area contributed by atoms with Gasteiger partial charge in [-0.3, -0.25) is 9.59 Å². The van der Waals surface area contributed by atoms with Crippen molar-refractivity contribution < 1.29 is 24.2 Å². The highest BCUT2D eigenvalue weighted by molar-refractivity contribution is 5.82. The van der Waals surface area contributed by atoms with E-state index in [0.29, 0.717) is 11.5 Å². The number of hydrogen-bond acceptors (Lipinski definition) is 4. The van der Waals surface area contributed by atoms with Crippen LogP contribution in [0.2, 0.25) is 0 Å². The van der Waals surface area contributed by atoms with Gasteiger partial charge in [0, 0.05) is 0 Å². The van der Waals surface area contributed by atoms with Crippen molar-refractivity contribution in [1.82, 2.24) is 4.90 Å². The van der Waals surface area contributed by atoms with Gasteiger partial charge < -0.3 is 19.5 Å². The summed E-state index contributed by atoms with van der Waals surface area (Å²) in [6.45, 7) is -0.853. The van der Waals surface area contributed by atoms with Gasteiger partial charge in [0.25, 0.3) is 5.91 Å². The largest absolute Gasteiger partial charge is 0.493 e. The first-order chi connectivity index (χ1) is 9.58. The number of methoxy groups -OCH3 is 1. The van der Waals surface area contributed by atoms with Crippen molar-refractivity contribution in [1.29, 1.82) is 0 Å². The van der Waals surface area contributed by atoms with Crippen LogP contribution in [0.1, 0.15) is 0 Å². The summed E-state index contributed by atoms with van der Waals surface area (Å²) in [6.07, 6.45) is 5.10.